The molecule has 1 rings (SSSR count). The highest BCUT2D eigenvalue weighted by molar-refractivity contribution is 5.93. The number of benzene rings is 1. The number of esters is 1. The lowest BCUT2D eigenvalue weighted by molar-refractivity contribution is -0.520. The predicted octanol–water partition coefficient (Wildman–Crippen LogP) is 1.07. The second kappa shape index (κ2) is 5.76. The zero-order valence-corrected chi connectivity index (χ0v) is 10.1. The van der Waals surface area contributed by atoms with Gasteiger partial charge in [0.25, 0.3) is 0 Å². The summed E-state index contributed by atoms with van der Waals surface area (Å²) in [6.07, 6.45) is 0. The summed E-state index contributed by atoms with van der Waals surface area (Å²) in [5.41, 5.74) is 5.52. The van der Waals surface area contributed by atoms with Crippen LogP contribution in [0.1, 0.15) is 17.3 Å². The van der Waals surface area contributed by atoms with Gasteiger partial charge in [0, 0.05) is 0 Å². The van der Waals surface area contributed by atoms with Crippen LogP contribution in [0, 0.1) is 4.91 Å². The molecule has 1 aromatic rings. The number of carbonyl (C=O) groups excluding carboxylic acids is 2. The minimum Gasteiger partial charge on any atom is -0.462 e. The molecule has 0 radical (unpaired) electrons. The summed E-state index contributed by atoms with van der Waals surface area (Å²) < 4.78 is 4.82. The largest absolute Gasteiger partial charge is 0.462 e. The molecule has 0 spiro atoms. The molecule has 0 atom stereocenters. The summed E-state index contributed by atoms with van der Waals surface area (Å²) in [5.74, 6) is -0.530. The highest BCUT2D eigenvalue weighted by Crippen LogP contribution is 2.16. The van der Waals surface area contributed by atoms with Crippen LogP contribution in [0.25, 0.3) is 0 Å². The molecule has 0 unspecified atom stereocenters. The number of primary amides is 1. The molecule has 2 amide bonds. The van der Waals surface area contributed by atoms with Gasteiger partial charge in [0.15, 0.2) is 0 Å². The Bertz CT molecular complexity index is 473. The summed E-state index contributed by atoms with van der Waals surface area (Å²) >= 11 is 0. The molecule has 1 aromatic carbocycles. The predicted molar refractivity (Wildman–Crippen MR) is 64.0 cm³/mol. The molecule has 0 saturated heterocycles. The lowest BCUT2D eigenvalue weighted by Crippen LogP contribution is -2.41. The Labute approximate surface area is 104 Å². The van der Waals surface area contributed by atoms with Crippen molar-refractivity contribution in [1.82, 2.24) is 0 Å². The maximum absolute atomic E-state index is 11.5. The zero-order chi connectivity index (χ0) is 13.7. The summed E-state index contributed by atoms with van der Waals surface area (Å²) in [6.45, 7) is 1.92. The van der Waals surface area contributed by atoms with Gasteiger partial charge in [0.1, 0.15) is 10.6 Å². The van der Waals surface area contributed by atoms with E-state index in [9.17, 15) is 14.5 Å². The van der Waals surface area contributed by atoms with Gasteiger partial charge < -0.3 is 10.5 Å². The maximum Gasteiger partial charge on any atom is 0.377 e. The van der Waals surface area contributed by atoms with Crippen molar-refractivity contribution >= 4 is 17.7 Å². The molecule has 0 aliphatic heterocycles. The molecule has 0 aliphatic rings. The zero-order valence-electron chi connectivity index (χ0n) is 10.1. The first-order chi connectivity index (χ1) is 8.47. The van der Waals surface area contributed by atoms with Crippen LogP contribution in [0.5, 0.6) is 0 Å². The van der Waals surface area contributed by atoms with Crippen LogP contribution < -0.4 is 10.7 Å². The topological polar surface area (TPSA) is 92.7 Å². The molecule has 7 nitrogen and oxygen atoms in total. The van der Waals surface area contributed by atoms with Gasteiger partial charge >= 0.3 is 12.0 Å². The first-order valence-electron chi connectivity index (χ1n) is 5.25. The molecule has 0 aliphatic carbocycles. The second-order valence-electron chi connectivity index (χ2n) is 3.39. The van der Waals surface area contributed by atoms with E-state index in [0.717, 1.165) is 7.05 Å². The van der Waals surface area contributed by atoms with E-state index >= 15 is 0 Å². The third-order valence-electron chi connectivity index (χ3n) is 2.09. The van der Waals surface area contributed by atoms with Crippen LogP contribution in [-0.4, -0.2) is 30.5 Å². The Hall–Kier alpha value is -2.44. The first kappa shape index (κ1) is 13.6. The number of hydrogen-bond acceptors (Lipinski definition) is 4. The fourth-order valence-corrected chi connectivity index (χ4v) is 1.41. The number of urea groups is 1. The van der Waals surface area contributed by atoms with E-state index in [0.29, 0.717) is 5.01 Å². The molecular formula is C11H14N3O4+. The lowest BCUT2D eigenvalue weighted by Gasteiger charge is -2.09. The number of carbonyl (C=O) groups is 2. The van der Waals surface area contributed by atoms with E-state index < -0.39 is 12.0 Å². The number of ether oxygens (including phenoxy) is 1. The molecule has 0 bridgehead atoms. The molecule has 7 heteroatoms. The van der Waals surface area contributed by atoms with E-state index in [1.807, 2.05) is 0 Å². The van der Waals surface area contributed by atoms with Gasteiger partial charge in [-0.1, -0.05) is 6.07 Å². The quantitative estimate of drug-likeness (QED) is 0.493. The highest BCUT2D eigenvalue weighted by Gasteiger charge is 2.25. The Kier molecular flexibility index (Phi) is 4.36. The van der Waals surface area contributed by atoms with Crippen LogP contribution in [0.2, 0.25) is 0 Å². The van der Waals surface area contributed by atoms with Gasteiger partial charge in [-0.2, -0.15) is 0 Å². The third kappa shape index (κ3) is 3.03. The summed E-state index contributed by atoms with van der Waals surface area (Å²) in [5, 5.41) is 0.697. The minimum atomic E-state index is -0.937. The molecule has 18 heavy (non-hydrogen) atoms. The monoisotopic (exact) mass is 252 g/mol. The molecule has 0 heterocycles. The van der Waals surface area contributed by atoms with E-state index in [1.165, 1.54) is 24.3 Å². The van der Waals surface area contributed by atoms with Crippen LogP contribution in [0.4, 0.5) is 10.5 Å². The second-order valence-corrected chi connectivity index (χ2v) is 3.39. The average molecular weight is 252 g/mol. The number of nitrogens with two attached hydrogens (primary N) is 1. The number of hydrazine groups is 1. The summed E-state index contributed by atoms with van der Waals surface area (Å²) in [7, 11) is 1.13. The van der Waals surface area contributed by atoms with Gasteiger partial charge in [-0.3, -0.25) is 0 Å². The lowest BCUT2D eigenvalue weighted by atomic mass is 10.2. The number of hydrogen-bond donors (Lipinski definition) is 1. The molecule has 0 fully saturated rings. The molecule has 2 N–H and O–H groups in total. The molecule has 0 aromatic heterocycles. The number of amides is 2. The van der Waals surface area contributed by atoms with Crippen LogP contribution in [0.15, 0.2) is 24.3 Å². The van der Waals surface area contributed by atoms with Crippen molar-refractivity contribution in [1.29, 1.82) is 0 Å². The summed E-state index contributed by atoms with van der Waals surface area (Å²) in [6, 6.07) is 4.96. The Morgan fingerprint density at radius 2 is 2.11 bits per heavy atom. The van der Waals surface area contributed by atoms with Crippen LogP contribution >= 0.6 is 0 Å². The first-order valence-corrected chi connectivity index (χ1v) is 5.25. The number of anilines is 1. The SMILES string of the molecule is CCOC(=O)c1cccc(N(C(N)=O)[N+](C)=O)c1. The van der Waals surface area contributed by atoms with Gasteiger partial charge in [-0.05, 0) is 30.1 Å². The van der Waals surface area contributed by atoms with Crippen molar-refractivity contribution in [2.75, 3.05) is 18.7 Å². The van der Waals surface area contributed by atoms with Gasteiger partial charge in [-0.25, -0.2) is 9.59 Å². The van der Waals surface area contributed by atoms with E-state index in [-0.39, 0.29) is 22.7 Å². The number of nitroso groups, excluding NO2 is 1. The van der Waals surface area contributed by atoms with Crippen LogP contribution in [0.3, 0.4) is 0 Å². The molecule has 0 saturated carbocycles. The van der Waals surface area contributed by atoms with Crippen LogP contribution in [-0.2, 0) is 4.74 Å². The Morgan fingerprint density at radius 3 is 2.61 bits per heavy atom. The summed E-state index contributed by atoms with van der Waals surface area (Å²) in [4.78, 5) is 34.2. The fraction of sp³-hybridized carbons (Fsp3) is 0.273. The van der Waals surface area contributed by atoms with Crippen molar-refractivity contribution in [3.63, 3.8) is 0 Å². The normalized spacial score (nSPS) is 9.67. The Morgan fingerprint density at radius 1 is 1.44 bits per heavy atom. The number of nitrogens with zero attached hydrogens (tertiary/aromatic N) is 2. The van der Waals surface area contributed by atoms with Crippen molar-refractivity contribution in [2.45, 2.75) is 6.92 Å². The van der Waals surface area contributed by atoms with Gasteiger partial charge in [0.2, 0.25) is 7.05 Å². The van der Waals surface area contributed by atoms with Crippen molar-refractivity contribution in [3.8, 4) is 0 Å². The van der Waals surface area contributed by atoms with E-state index in [2.05, 4.69) is 0 Å². The van der Waals surface area contributed by atoms with E-state index in [1.54, 1.807) is 6.92 Å². The van der Waals surface area contributed by atoms with Crippen molar-refractivity contribution in [3.05, 3.63) is 34.7 Å². The number of rotatable bonds is 4. The highest BCUT2D eigenvalue weighted by atomic mass is 16.5. The molecule has 96 valence electrons. The van der Waals surface area contributed by atoms with Gasteiger partial charge in [0.05, 0.1) is 17.1 Å². The van der Waals surface area contributed by atoms with Gasteiger partial charge in [-0.15, -0.1) is 0 Å². The average Bonchev–Trinajstić information content (AvgIpc) is 2.28. The fourth-order valence-electron chi connectivity index (χ4n) is 1.41. The maximum atomic E-state index is 11.5. The smallest absolute Gasteiger partial charge is 0.377 e. The Balaban J connectivity index is 3.11. The molecular weight excluding hydrogens is 238 g/mol. The standard InChI is InChI=1S/C11H13N3O4/c1-3-18-10(15)8-5-4-6-9(7-8)14(11(12)16)13(2)17/h4-7H,3H2,1-2H3,(H-,12,16)/p+1. The third-order valence-corrected chi connectivity index (χ3v) is 2.09. The van der Waals surface area contributed by atoms with Crippen molar-refractivity contribution in [2.24, 2.45) is 5.73 Å². The minimum absolute atomic E-state index is 0.200. The van der Waals surface area contributed by atoms with Crippen molar-refractivity contribution < 1.29 is 19.2 Å². The van der Waals surface area contributed by atoms with E-state index in [4.69, 9.17) is 10.5 Å².